The summed E-state index contributed by atoms with van der Waals surface area (Å²) in [5, 5.41) is 9.17. The van der Waals surface area contributed by atoms with Crippen molar-refractivity contribution in [2.75, 3.05) is 19.7 Å². The molecule has 5 nitrogen and oxygen atoms in total. The molecule has 3 aliphatic carbocycles. The van der Waals surface area contributed by atoms with Gasteiger partial charge in [-0.1, -0.05) is 27.2 Å². The van der Waals surface area contributed by atoms with E-state index in [1.165, 1.54) is 43.8 Å². The predicted octanol–water partition coefficient (Wildman–Crippen LogP) is 4.78. The monoisotopic (exact) mass is 415 g/mol. The van der Waals surface area contributed by atoms with E-state index in [-0.39, 0.29) is 28.8 Å². The normalized spacial score (nSPS) is 40.3. The molecule has 0 aromatic rings. The average molecular weight is 416 g/mol. The lowest BCUT2D eigenvalue weighted by atomic mass is 9.40. The number of esters is 1. The van der Waals surface area contributed by atoms with Gasteiger partial charge in [0.25, 0.3) is 0 Å². The van der Waals surface area contributed by atoms with Crippen LogP contribution in [0.1, 0.15) is 72.6 Å². The highest BCUT2D eigenvalue weighted by Crippen LogP contribution is 2.68. The molecular weight excluding hydrogens is 378 g/mol. The number of carbonyl (C=O) groups excluding carboxylic acids is 1. The molecule has 2 fully saturated rings. The van der Waals surface area contributed by atoms with Crippen molar-refractivity contribution in [3.63, 3.8) is 0 Å². The van der Waals surface area contributed by atoms with Crippen molar-refractivity contribution in [1.82, 2.24) is 4.90 Å². The Bertz CT molecular complexity index is 801. The van der Waals surface area contributed by atoms with Gasteiger partial charge in [-0.15, -0.1) is 0 Å². The van der Waals surface area contributed by atoms with Gasteiger partial charge >= 0.3 is 11.9 Å². The number of nitrogens with zero attached hydrogens (tertiary/aromatic N) is 1. The number of allylic oxidation sites excluding steroid dienone is 2. The number of carboxylic acids is 1. The number of carboxylic acid groups (broad SMARTS) is 1. The Morgan fingerprint density at radius 2 is 1.93 bits per heavy atom. The van der Waals surface area contributed by atoms with E-state index in [0.717, 1.165) is 25.8 Å². The molecule has 0 radical (unpaired) electrons. The molecule has 1 heterocycles. The molecule has 5 atom stereocenters. The van der Waals surface area contributed by atoms with Crippen molar-refractivity contribution >= 4 is 11.9 Å². The van der Waals surface area contributed by atoms with Crippen LogP contribution in [0.2, 0.25) is 0 Å². The van der Waals surface area contributed by atoms with Crippen LogP contribution in [-0.2, 0) is 14.3 Å². The third kappa shape index (κ3) is 3.38. The fraction of sp³-hybridized carbons (Fsp3) is 0.760. The minimum Gasteiger partial charge on any atom is -0.480 e. The Kier molecular flexibility index (Phi) is 5.31. The number of rotatable bonds is 4. The molecule has 2 saturated carbocycles. The highest BCUT2D eigenvalue weighted by molar-refractivity contribution is 5.69. The second-order valence-corrected chi connectivity index (χ2v) is 11.0. The van der Waals surface area contributed by atoms with Crippen molar-refractivity contribution in [3.8, 4) is 0 Å². The maximum Gasteiger partial charge on any atom is 0.323 e. The van der Waals surface area contributed by atoms with Gasteiger partial charge in [-0.2, -0.15) is 0 Å². The van der Waals surface area contributed by atoms with Crippen LogP contribution in [-0.4, -0.2) is 41.6 Å². The molecule has 166 valence electrons. The van der Waals surface area contributed by atoms with Crippen LogP contribution in [0.4, 0.5) is 0 Å². The molecule has 5 unspecified atom stereocenters. The van der Waals surface area contributed by atoms with Crippen molar-refractivity contribution in [2.45, 2.75) is 72.6 Å². The van der Waals surface area contributed by atoms with E-state index in [0.29, 0.717) is 18.4 Å². The van der Waals surface area contributed by atoms with Crippen LogP contribution < -0.4 is 0 Å². The summed E-state index contributed by atoms with van der Waals surface area (Å²) < 4.78 is 5.56. The van der Waals surface area contributed by atoms with Crippen molar-refractivity contribution in [2.24, 2.45) is 28.1 Å². The van der Waals surface area contributed by atoms with Crippen LogP contribution in [0, 0.1) is 28.1 Å². The van der Waals surface area contributed by atoms with E-state index in [1.54, 1.807) is 0 Å². The van der Waals surface area contributed by atoms with Crippen molar-refractivity contribution in [1.29, 1.82) is 0 Å². The second-order valence-electron chi connectivity index (χ2n) is 11.0. The number of aliphatic carboxylic acids is 1. The number of hydrogen-bond donors (Lipinski definition) is 1. The first-order valence-electron chi connectivity index (χ1n) is 11.6. The minimum atomic E-state index is -0.772. The molecule has 0 aromatic heterocycles. The SMILES string of the molecule is CC(=O)OCC1(C)CCCC2(C)C1CCC1(C)C3=C(CCC12)CN(CC(=O)O)C=C3. The van der Waals surface area contributed by atoms with E-state index >= 15 is 0 Å². The van der Waals surface area contributed by atoms with Gasteiger partial charge in [-0.3, -0.25) is 9.59 Å². The Morgan fingerprint density at radius 1 is 1.17 bits per heavy atom. The molecule has 0 spiro atoms. The Hall–Kier alpha value is -1.78. The van der Waals surface area contributed by atoms with E-state index < -0.39 is 5.97 Å². The molecule has 30 heavy (non-hydrogen) atoms. The van der Waals surface area contributed by atoms with Gasteiger partial charge in [0.2, 0.25) is 0 Å². The van der Waals surface area contributed by atoms with Gasteiger partial charge in [0, 0.05) is 25.1 Å². The van der Waals surface area contributed by atoms with Crippen LogP contribution >= 0.6 is 0 Å². The predicted molar refractivity (Wildman–Crippen MR) is 116 cm³/mol. The van der Waals surface area contributed by atoms with Crippen LogP contribution in [0.5, 0.6) is 0 Å². The minimum absolute atomic E-state index is 0.0648. The van der Waals surface area contributed by atoms with Gasteiger partial charge in [0.15, 0.2) is 0 Å². The zero-order chi connectivity index (χ0) is 21.7. The molecule has 1 N–H and O–H groups in total. The number of hydrogen-bond acceptors (Lipinski definition) is 4. The smallest absolute Gasteiger partial charge is 0.323 e. The summed E-state index contributed by atoms with van der Waals surface area (Å²) in [5.74, 6) is 0.255. The zero-order valence-corrected chi connectivity index (χ0v) is 19.0. The summed E-state index contributed by atoms with van der Waals surface area (Å²) in [7, 11) is 0. The van der Waals surface area contributed by atoms with Crippen molar-refractivity contribution < 1.29 is 19.4 Å². The maximum atomic E-state index is 11.5. The third-order valence-electron chi connectivity index (χ3n) is 9.14. The number of carbonyl (C=O) groups is 2. The topological polar surface area (TPSA) is 66.8 Å². The van der Waals surface area contributed by atoms with Crippen LogP contribution in [0.25, 0.3) is 0 Å². The first-order valence-corrected chi connectivity index (χ1v) is 11.6. The number of fused-ring (bicyclic) bond motifs is 4. The quantitative estimate of drug-likeness (QED) is 0.669. The Labute approximate surface area is 180 Å². The summed E-state index contributed by atoms with van der Waals surface area (Å²) in [6, 6.07) is 0. The van der Waals surface area contributed by atoms with Crippen molar-refractivity contribution in [3.05, 3.63) is 23.4 Å². The van der Waals surface area contributed by atoms with Gasteiger partial charge in [0.1, 0.15) is 6.54 Å². The standard InChI is InChI=1S/C25H37NO4/c1-17(27)30-16-23(2)10-5-11-25(4)20(23)8-12-24(3)19-9-13-26(15-22(28)29)14-18(19)6-7-21(24)25/h9,13,20-21H,5-8,10-12,14-16H2,1-4H3,(H,28,29). The lowest BCUT2D eigenvalue weighted by molar-refractivity contribution is -0.164. The summed E-state index contributed by atoms with van der Waals surface area (Å²) in [4.78, 5) is 24.6. The molecule has 0 bridgehead atoms. The summed E-state index contributed by atoms with van der Waals surface area (Å²) in [5.41, 5.74) is 3.40. The third-order valence-corrected chi connectivity index (χ3v) is 9.14. The second kappa shape index (κ2) is 7.42. The van der Waals surface area contributed by atoms with Gasteiger partial charge in [-0.25, -0.2) is 0 Å². The molecule has 0 aromatic carbocycles. The highest BCUT2D eigenvalue weighted by Gasteiger charge is 2.61. The van der Waals surface area contributed by atoms with Gasteiger partial charge in [-0.05, 0) is 78.4 Å². The Morgan fingerprint density at radius 3 is 2.63 bits per heavy atom. The molecule has 4 rings (SSSR count). The molecule has 0 amide bonds. The van der Waals surface area contributed by atoms with Crippen LogP contribution in [0.15, 0.2) is 23.4 Å². The molecule has 0 saturated heterocycles. The summed E-state index contributed by atoms with van der Waals surface area (Å²) in [6.45, 7) is 10.2. The number of ether oxygens (including phenoxy) is 1. The van der Waals surface area contributed by atoms with E-state index in [2.05, 4.69) is 26.8 Å². The fourth-order valence-corrected chi connectivity index (χ4v) is 7.96. The van der Waals surface area contributed by atoms with E-state index in [1.807, 2.05) is 11.1 Å². The summed E-state index contributed by atoms with van der Waals surface area (Å²) in [6.07, 6.45) is 12.4. The lowest BCUT2D eigenvalue weighted by Gasteiger charge is -2.65. The maximum absolute atomic E-state index is 11.5. The molecule has 4 aliphatic rings. The first kappa shape index (κ1) is 21.5. The molecular formula is C25H37NO4. The zero-order valence-electron chi connectivity index (χ0n) is 19.0. The van der Waals surface area contributed by atoms with Crippen LogP contribution in [0.3, 0.4) is 0 Å². The van der Waals surface area contributed by atoms with E-state index in [4.69, 9.17) is 9.84 Å². The average Bonchev–Trinajstić information content (AvgIpc) is 2.65. The first-order chi connectivity index (χ1) is 14.1. The molecule has 1 aliphatic heterocycles. The Balaban J connectivity index is 1.61. The van der Waals surface area contributed by atoms with E-state index in [9.17, 15) is 9.59 Å². The van der Waals surface area contributed by atoms with Gasteiger partial charge < -0.3 is 14.7 Å². The summed E-state index contributed by atoms with van der Waals surface area (Å²) >= 11 is 0. The van der Waals surface area contributed by atoms with Gasteiger partial charge in [0.05, 0.1) is 6.61 Å². The highest BCUT2D eigenvalue weighted by atomic mass is 16.5. The molecule has 5 heteroatoms. The fourth-order valence-electron chi connectivity index (χ4n) is 7.96. The largest absolute Gasteiger partial charge is 0.480 e. The lowest BCUT2D eigenvalue weighted by Crippen LogP contribution is -2.58.